The first-order valence-corrected chi connectivity index (χ1v) is 7.42. The highest BCUT2D eigenvalue weighted by Crippen LogP contribution is 2.20. The summed E-state index contributed by atoms with van der Waals surface area (Å²) in [6, 6.07) is 7.71. The van der Waals surface area contributed by atoms with E-state index in [1.165, 1.54) is 10.9 Å². The monoisotopic (exact) mass is 309 g/mol. The Balaban J connectivity index is 1.79. The van der Waals surface area contributed by atoms with E-state index in [1.807, 2.05) is 38.1 Å². The predicted molar refractivity (Wildman–Crippen MR) is 85.3 cm³/mol. The molecule has 0 aliphatic carbocycles. The third-order valence-electron chi connectivity index (χ3n) is 3.79. The molecule has 23 heavy (non-hydrogen) atoms. The summed E-state index contributed by atoms with van der Waals surface area (Å²) in [5.74, 6) is 1.21. The van der Waals surface area contributed by atoms with E-state index in [2.05, 4.69) is 20.1 Å². The summed E-state index contributed by atoms with van der Waals surface area (Å²) in [6.07, 6.45) is 1.52. The van der Waals surface area contributed by atoms with Crippen molar-refractivity contribution in [3.8, 4) is 0 Å². The van der Waals surface area contributed by atoms with Crippen molar-refractivity contribution in [1.29, 1.82) is 0 Å². The molecule has 0 bridgehead atoms. The summed E-state index contributed by atoms with van der Waals surface area (Å²) < 4.78 is 6.66. The van der Waals surface area contributed by atoms with Crippen LogP contribution in [0.1, 0.15) is 31.5 Å². The van der Waals surface area contributed by atoms with Gasteiger partial charge in [0.15, 0.2) is 5.82 Å². The predicted octanol–water partition coefficient (Wildman–Crippen LogP) is 2.43. The van der Waals surface area contributed by atoms with E-state index in [1.54, 1.807) is 0 Å². The molecule has 0 spiro atoms. The molecule has 0 radical (unpaired) electrons. The zero-order valence-electron chi connectivity index (χ0n) is 12.8. The number of para-hydroxylation sites is 1. The van der Waals surface area contributed by atoms with Crippen LogP contribution < -0.4 is 5.56 Å². The fourth-order valence-electron chi connectivity index (χ4n) is 2.56. The lowest BCUT2D eigenvalue weighted by Gasteiger charge is -2.01. The molecule has 116 valence electrons. The molecular formula is C16H15N5O2. The maximum Gasteiger partial charge on any atom is 0.278 e. The van der Waals surface area contributed by atoms with Gasteiger partial charge in [0.25, 0.3) is 5.56 Å². The largest absolute Gasteiger partial charge is 0.349 e. The zero-order chi connectivity index (χ0) is 16.0. The van der Waals surface area contributed by atoms with Crippen molar-refractivity contribution in [3.05, 3.63) is 52.7 Å². The van der Waals surface area contributed by atoms with Gasteiger partial charge in [0.1, 0.15) is 17.6 Å². The van der Waals surface area contributed by atoms with Gasteiger partial charge in [0.05, 0.1) is 6.33 Å². The average molecular weight is 309 g/mol. The van der Waals surface area contributed by atoms with Crippen LogP contribution in [0, 0.1) is 0 Å². The lowest BCUT2D eigenvalue weighted by Crippen LogP contribution is -2.21. The number of nitrogens with one attached hydrogen (secondary N) is 1. The van der Waals surface area contributed by atoms with Crippen LogP contribution in [0.2, 0.25) is 0 Å². The highest BCUT2D eigenvalue weighted by molar-refractivity contribution is 6.04. The number of aromatic nitrogens is 5. The Labute approximate surface area is 131 Å². The molecule has 0 atom stereocenters. The molecule has 0 aliphatic rings. The van der Waals surface area contributed by atoms with Crippen molar-refractivity contribution in [2.45, 2.75) is 26.3 Å². The minimum absolute atomic E-state index is 0.157. The minimum atomic E-state index is -0.157. The van der Waals surface area contributed by atoms with Gasteiger partial charge >= 0.3 is 0 Å². The topological polar surface area (TPSA) is 89.6 Å². The molecule has 7 nitrogen and oxygen atoms in total. The van der Waals surface area contributed by atoms with E-state index in [-0.39, 0.29) is 18.0 Å². The highest BCUT2D eigenvalue weighted by atomic mass is 16.5. The maximum atomic E-state index is 12.6. The van der Waals surface area contributed by atoms with E-state index in [9.17, 15) is 4.79 Å². The van der Waals surface area contributed by atoms with Crippen LogP contribution in [0.4, 0.5) is 0 Å². The first kappa shape index (κ1) is 13.7. The SMILES string of the molecule is CC(C)c1noc(Cn2cnc3c([nH]c4ccccc43)c2=O)n1. The standard InChI is InChI=1S/C16H15N5O2/c1-9(2)15-19-12(23-20-15)7-21-8-17-13-10-5-3-4-6-11(10)18-14(13)16(21)22/h3-6,8-9,18H,7H2,1-2H3. The van der Waals surface area contributed by atoms with Crippen LogP contribution in [0.5, 0.6) is 0 Å². The molecule has 1 N–H and O–H groups in total. The average Bonchev–Trinajstić information content (AvgIpc) is 3.15. The van der Waals surface area contributed by atoms with Gasteiger partial charge in [-0.05, 0) is 6.07 Å². The van der Waals surface area contributed by atoms with Gasteiger partial charge in [-0.2, -0.15) is 4.98 Å². The second-order valence-corrected chi connectivity index (χ2v) is 5.77. The Bertz CT molecular complexity index is 1060. The quantitative estimate of drug-likeness (QED) is 0.628. The smallest absolute Gasteiger partial charge is 0.278 e. The molecule has 0 amide bonds. The number of fused-ring (bicyclic) bond motifs is 3. The number of hydrogen-bond donors (Lipinski definition) is 1. The number of benzene rings is 1. The molecule has 0 fully saturated rings. The van der Waals surface area contributed by atoms with Crippen molar-refractivity contribution in [2.24, 2.45) is 0 Å². The maximum absolute atomic E-state index is 12.6. The molecule has 0 unspecified atom stereocenters. The Morgan fingerprint density at radius 1 is 1.30 bits per heavy atom. The molecule has 0 aliphatic heterocycles. The van der Waals surface area contributed by atoms with Gasteiger partial charge in [-0.25, -0.2) is 4.98 Å². The van der Waals surface area contributed by atoms with Gasteiger partial charge < -0.3 is 9.51 Å². The number of hydrogen-bond acceptors (Lipinski definition) is 5. The van der Waals surface area contributed by atoms with Crippen LogP contribution in [0.25, 0.3) is 21.9 Å². The Hall–Kier alpha value is -2.96. The Morgan fingerprint density at radius 3 is 2.91 bits per heavy atom. The zero-order valence-corrected chi connectivity index (χ0v) is 12.8. The molecular weight excluding hydrogens is 294 g/mol. The lowest BCUT2D eigenvalue weighted by molar-refractivity contribution is 0.363. The summed E-state index contributed by atoms with van der Waals surface area (Å²) in [4.78, 5) is 24.5. The second-order valence-electron chi connectivity index (χ2n) is 5.77. The van der Waals surface area contributed by atoms with E-state index in [0.29, 0.717) is 22.7 Å². The second kappa shape index (κ2) is 5.05. The van der Waals surface area contributed by atoms with Crippen LogP contribution >= 0.6 is 0 Å². The first-order chi connectivity index (χ1) is 11.1. The molecule has 0 saturated carbocycles. The van der Waals surface area contributed by atoms with Crippen LogP contribution in [-0.4, -0.2) is 24.7 Å². The van der Waals surface area contributed by atoms with E-state index < -0.39 is 0 Å². The first-order valence-electron chi connectivity index (χ1n) is 7.42. The van der Waals surface area contributed by atoms with Crippen molar-refractivity contribution in [2.75, 3.05) is 0 Å². The minimum Gasteiger partial charge on any atom is -0.349 e. The van der Waals surface area contributed by atoms with Crippen molar-refractivity contribution < 1.29 is 4.52 Å². The lowest BCUT2D eigenvalue weighted by atomic mass is 10.2. The van der Waals surface area contributed by atoms with Crippen molar-refractivity contribution in [3.63, 3.8) is 0 Å². The number of nitrogens with zero attached hydrogens (tertiary/aromatic N) is 4. The fourth-order valence-corrected chi connectivity index (χ4v) is 2.56. The van der Waals surface area contributed by atoms with Crippen LogP contribution in [-0.2, 0) is 6.54 Å². The van der Waals surface area contributed by atoms with Crippen LogP contribution in [0.3, 0.4) is 0 Å². The molecule has 3 aromatic heterocycles. The van der Waals surface area contributed by atoms with E-state index >= 15 is 0 Å². The summed E-state index contributed by atoms with van der Waals surface area (Å²) in [6.45, 7) is 4.18. The van der Waals surface area contributed by atoms with Crippen molar-refractivity contribution >= 4 is 21.9 Å². The summed E-state index contributed by atoms with van der Waals surface area (Å²) in [5, 5.41) is 4.85. The number of H-pyrrole nitrogens is 1. The van der Waals surface area contributed by atoms with Gasteiger partial charge in [-0.1, -0.05) is 37.2 Å². The van der Waals surface area contributed by atoms with Gasteiger partial charge in [-0.3, -0.25) is 9.36 Å². The summed E-state index contributed by atoms with van der Waals surface area (Å²) in [5.41, 5.74) is 1.90. The number of aromatic amines is 1. The van der Waals surface area contributed by atoms with E-state index in [4.69, 9.17) is 4.52 Å². The molecule has 3 heterocycles. The fraction of sp³-hybridized carbons (Fsp3) is 0.250. The molecule has 4 aromatic rings. The Morgan fingerprint density at radius 2 is 2.13 bits per heavy atom. The number of rotatable bonds is 3. The molecule has 1 aromatic carbocycles. The van der Waals surface area contributed by atoms with E-state index in [0.717, 1.165) is 10.9 Å². The third-order valence-corrected chi connectivity index (χ3v) is 3.79. The van der Waals surface area contributed by atoms with Gasteiger partial charge in [0.2, 0.25) is 5.89 Å². The van der Waals surface area contributed by atoms with Gasteiger partial charge in [-0.15, -0.1) is 0 Å². The highest BCUT2D eigenvalue weighted by Gasteiger charge is 2.14. The molecule has 4 rings (SSSR count). The molecule has 0 saturated heterocycles. The summed E-state index contributed by atoms with van der Waals surface area (Å²) in [7, 11) is 0. The Kier molecular flexibility index (Phi) is 3.00. The molecule has 7 heteroatoms. The van der Waals surface area contributed by atoms with Gasteiger partial charge in [0, 0.05) is 16.8 Å². The third kappa shape index (κ3) is 2.21. The van der Waals surface area contributed by atoms with Crippen molar-refractivity contribution in [1.82, 2.24) is 24.7 Å². The van der Waals surface area contributed by atoms with Crippen LogP contribution in [0.15, 0.2) is 39.9 Å². The normalized spacial score (nSPS) is 11.8. The summed E-state index contributed by atoms with van der Waals surface area (Å²) >= 11 is 0.